The predicted molar refractivity (Wildman–Crippen MR) is 85.3 cm³/mol. The number of hydrogen-bond acceptors (Lipinski definition) is 4. The standard InChI is InChI=1S/C13H27N3O2S2/c1-11(19-2)9-15-20(17,18)16-8-4-3-5-13(16)10-14-12-6-7-12/h11-15H,3-10H2,1-2H3. The van der Waals surface area contributed by atoms with Crippen LogP contribution in [0.1, 0.15) is 39.0 Å². The fraction of sp³-hybridized carbons (Fsp3) is 1.00. The van der Waals surface area contributed by atoms with Crippen LogP contribution in [0.25, 0.3) is 0 Å². The minimum Gasteiger partial charge on any atom is -0.312 e. The first kappa shape index (κ1) is 16.5. The molecule has 0 aromatic carbocycles. The normalized spacial score (nSPS) is 26.6. The van der Waals surface area contributed by atoms with Crippen molar-refractivity contribution in [3.05, 3.63) is 0 Å². The quantitative estimate of drug-likeness (QED) is 0.705. The minimum absolute atomic E-state index is 0.117. The third-order valence-electron chi connectivity index (χ3n) is 4.06. The summed E-state index contributed by atoms with van der Waals surface area (Å²) in [5.74, 6) is 0. The zero-order chi connectivity index (χ0) is 14.6. The Labute approximate surface area is 127 Å². The molecule has 0 amide bonds. The van der Waals surface area contributed by atoms with Crippen LogP contribution in [-0.4, -0.2) is 55.9 Å². The lowest BCUT2D eigenvalue weighted by molar-refractivity contribution is 0.242. The topological polar surface area (TPSA) is 61.4 Å². The number of rotatable bonds is 8. The zero-order valence-corrected chi connectivity index (χ0v) is 14.1. The molecular formula is C13H27N3O2S2. The molecule has 2 fully saturated rings. The molecule has 2 unspecified atom stereocenters. The third kappa shape index (κ3) is 4.87. The van der Waals surface area contributed by atoms with Crippen molar-refractivity contribution in [2.45, 2.75) is 56.4 Å². The molecule has 0 radical (unpaired) electrons. The van der Waals surface area contributed by atoms with E-state index in [1.807, 2.05) is 13.2 Å². The number of nitrogens with zero attached hydrogens (tertiary/aromatic N) is 1. The summed E-state index contributed by atoms with van der Waals surface area (Å²) in [5.41, 5.74) is 0. The molecular weight excluding hydrogens is 294 g/mol. The van der Waals surface area contributed by atoms with Crippen LogP contribution in [0.3, 0.4) is 0 Å². The highest BCUT2D eigenvalue weighted by Crippen LogP contribution is 2.22. The van der Waals surface area contributed by atoms with E-state index in [1.165, 1.54) is 12.8 Å². The summed E-state index contributed by atoms with van der Waals surface area (Å²) >= 11 is 1.68. The maximum Gasteiger partial charge on any atom is 0.279 e. The van der Waals surface area contributed by atoms with Crippen LogP contribution in [0.4, 0.5) is 0 Å². The molecule has 1 saturated carbocycles. The Morgan fingerprint density at radius 2 is 2.05 bits per heavy atom. The summed E-state index contributed by atoms with van der Waals surface area (Å²) < 4.78 is 29.4. The van der Waals surface area contributed by atoms with Gasteiger partial charge in [0.05, 0.1) is 0 Å². The smallest absolute Gasteiger partial charge is 0.279 e. The molecule has 1 aliphatic heterocycles. The van der Waals surface area contributed by atoms with Crippen molar-refractivity contribution in [1.82, 2.24) is 14.3 Å². The van der Waals surface area contributed by atoms with Gasteiger partial charge in [0, 0.05) is 37.0 Å². The first-order chi connectivity index (χ1) is 9.53. The van der Waals surface area contributed by atoms with E-state index in [2.05, 4.69) is 10.0 Å². The monoisotopic (exact) mass is 321 g/mol. The first-order valence-electron chi connectivity index (χ1n) is 7.55. The first-order valence-corrected chi connectivity index (χ1v) is 10.3. The van der Waals surface area contributed by atoms with E-state index in [0.717, 1.165) is 25.8 Å². The summed E-state index contributed by atoms with van der Waals surface area (Å²) in [5, 5.41) is 3.77. The number of piperidine rings is 1. The fourth-order valence-electron chi connectivity index (χ4n) is 2.47. The fourth-order valence-corrected chi connectivity index (χ4v) is 4.40. The maximum absolute atomic E-state index is 12.5. The molecule has 7 heteroatoms. The molecule has 1 saturated heterocycles. The molecule has 1 heterocycles. The van der Waals surface area contributed by atoms with E-state index in [-0.39, 0.29) is 6.04 Å². The van der Waals surface area contributed by atoms with Gasteiger partial charge in [-0.1, -0.05) is 13.3 Å². The Kier molecular flexibility index (Phi) is 6.16. The molecule has 2 N–H and O–H groups in total. The minimum atomic E-state index is -3.34. The highest BCUT2D eigenvalue weighted by atomic mass is 32.2. The van der Waals surface area contributed by atoms with Crippen LogP contribution in [0, 0.1) is 0 Å². The van der Waals surface area contributed by atoms with Gasteiger partial charge in [0.25, 0.3) is 10.2 Å². The lowest BCUT2D eigenvalue weighted by Gasteiger charge is -2.35. The molecule has 0 aromatic rings. The Hall–Kier alpha value is 0.180. The van der Waals surface area contributed by atoms with E-state index in [1.54, 1.807) is 16.1 Å². The molecule has 0 spiro atoms. The van der Waals surface area contributed by atoms with Crippen molar-refractivity contribution in [1.29, 1.82) is 0 Å². The number of hydrogen-bond donors (Lipinski definition) is 2. The van der Waals surface area contributed by atoms with Crippen LogP contribution in [0.5, 0.6) is 0 Å². The Balaban J connectivity index is 1.90. The van der Waals surface area contributed by atoms with Gasteiger partial charge >= 0.3 is 0 Å². The Morgan fingerprint density at radius 3 is 2.70 bits per heavy atom. The highest BCUT2D eigenvalue weighted by Gasteiger charge is 2.33. The van der Waals surface area contributed by atoms with Crippen LogP contribution < -0.4 is 10.0 Å². The van der Waals surface area contributed by atoms with E-state index in [4.69, 9.17) is 0 Å². The number of thioether (sulfide) groups is 1. The molecule has 2 atom stereocenters. The van der Waals surface area contributed by atoms with Gasteiger partial charge in [0.1, 0.15) is 0 Å². The second kappa shape index (κ2) is 7.45. The lowest BCUT2D eigenvalue weighted by atomic mass is 10.1. The van der Waals surface area contributed by atoms with Crippen molar-refractivity contribution >= 4 is 22.0 Å². The van der Waals surface area contributed by atoms with Gasteiger partial charge in [0.15, 0.2) is 0 Å². The second-order valence-electron chi connectivity index (χ2n) is 5.84. The Morgan fingerprint density at radius 1 is 1.30 bits per heavy atom. The molecule has 20 heavy (non-hydrogen) atoms. The summed E-state index contributed by atoms with van der Waals surface area (Å²) in [6, 6.07) is 0.748. The van der Waals surface area contributed by atoms with Crippen molar-refractivity contribution in [3.63, 3.8) is 0 Å². The second-order valence-corrected chi connectivity index (χ2v) is 8.83. The van der Waals surface area contributed by atoms with Crippen LogP contribution in [0.15, 0.2) is 0 Å². The van der Waals surface area contributed by atoms with Crippen LogP contribution in [0.2, 0.25) is 0 Å². The van der Waals surface area contributed by atoms with Crippen LogP contribution >= 0.6 is 11.8 Å². The number of nitrogens with one attached hydrogen (secondary N) is 2. The van der Waals surface area contributed by atoms with E-state index < -0.39 is 10.2 Å². The molecule has 2 aliphatic rings. The average molecular weight is 322 g/mol. The van der Waals surface area contributed by atoms with Crippen molar-refractivity contribution in [2.24, 2.45) is 0 Å². The van der Waals surface area contributed by atoms with Gasteiger partial charge in [-0.2, -0.15) is 24.5 Å². The van der Waals surface area contributed by atoms with E-state index in [9.17, 15) is 8.42 Å². The third-order valence-corrected chi connectivity index (χ3v) is 6.66. The average Bonchev–Trinajstić information content (AvgIpc) is 3.27. The van der Waals surface area contributed by atoms with Gasteiger partial charge in [-0.05, 0) is 31.9 Å². The maximum atomic E-state index is 12.5. The van der Waals surface area contributed by atoms with Gasteiger partial charge in [0.2, 0.25) is 0 Å². The van der Waals surface area contributed by atoms with Gasteiger partial charge in [-0.25, -0.2) is 4.72 Å². The molecule has 1 aliphatic carbocycles. The van der Waals surface area contributed by atoms with Crippen molar-refractivity contribution in [3.8, 4) is 0 Å². The molecule has 2 rings (SSSR count). The molecule has 5 nitrogen and oxygen atoms in total. The van der Waals surface area contributed by atoms with Gasteiger partial charge in [-0.3, -0.25) is 0 Å². The highest BCUT2D eigenvalue weighted by molar-refractivity contribution is 7.99. The predicted octanol–water partition coefficient (Wildman–Crippen LogP) is 1.18. The zero-order valence-electron chi connectivity index (χ0n) is 12.5. The van der Waals surface area contributed by atoms with Crippen molar-refractivity contribution in [2.75, 3.05) is 25.9 Å². The molecule has 0 bridgehead atoms. The largest absolute Gasteiger partial charge is 0.312 e. The van der Waals surface area contributed by atoms with Gasteiger partial charge in [-0.15, -0.1) is 0 Å². The molecule has 118 valence electrons. The van der Waals surface area contributed by atoms with Gasteiger partial charge < -0.3 is 5.32 Å². The SMILES string of the molecule is CSC(C)CNS(=O)(=O)N1CCCCC1CNC1CC1. The summed E-state index contributed by atoms with van der Waals surface area (Å²) in [6.45, 7) is 3.99. The molecule has 0 aromatic heterocycles. The lowest BCUT2D eigenvalue weighted by Crippen LogP contribution is -2.53. The Bertz CT molecular complexity index is 398. The summed E-state index contributed by atoms with van der Waals surface area (Å²) in [4.78, 5) is 0. The van der Waals surface area contributed by atoms with E-state index >= 15 is 0 Å². The van der Waals surface area contributed by atoms with Crippen molar-refractivity contribution < 1.29 is 8.42 Å². The van der Waals surface area contributed by atoms with E-state index in [0.29, 0.717) is 24.4 Å². The summed E-state index contributed by atoms with van der Waals surface area (Å²) in [7, 11) is -3.34. The summed E-state index contributed by atoms with van der Waals surface area (Å²) in [6.07, 6.45) is 7.55. The van der Waals surface area contributed by atoms with Crippen LogP contribution in [-0.2, 0) is 10.2 Å².